The lowest BCUT2D eigenvalue weighted by Gasteiger charge is -2.13. The van der Waals surface area contributed by atoms with Gasteiger partial charge in [0.15, 0.2) is 0 Å². The monoisotopic (exact) mass is 245 g/mol. The van der Waals surface area contributed by atoms with Gasteiger partial charge in [0, 0.05) is 6.54 Å². The van der Waals surface area contributed by atoms with Crippen LogP contribution in [0.15, 0.2) is 35.9 Å². The number of hydrogen-bond donors (Lipinski definition) is 2. The summed E-state index contributed by atoms with van der Waals surface area (Å²) in [5, 5.41) is 12.4. The van der Waals surface area contributed by atoms with Crippen molar-refractivity contribution in [2.45, 2.75) is 45.3 Å². The van der Waals surface area contributed by atoms with Crippen molar-refractivity contribution in [1.29, 1.82) is 0 Å². The normalized spacial score (nSPS) is 15.5. The smallest absolute Gasteiger partial charge is 0.0681 e. The molecule has 0 bridgehead atoms. The molecule has 0 unspecified atom stereocenters. The Balaban J connectivity index is 1.66. The molecule has 1 aromatic rings. The van der Waals surface area contributed by atoms with Crippen LogP contribution in [0.2, 0.25) is 0 Å². The maximum absolute atomic E-state index is 8.96. The van der Waals surface area contributed by atoms with Crippen molar-refractivity contribution in [3.63, 3.8) is 0 Å². The van der Waals surface area contributed by atoms with Crippen LogP contribution in [-0.4, -0.2) is 11.7 Å². The molecule has 0 saturated heterocycles. The Morgan fingerprint density at radius 1 is 1.06 bits per heavy atom. The summed E-state index contributed by atoms with van der Waals surface area (Å²) >= 11 is 0. The number of benzene rings is 1. The average molecular weight is 245 g/mol. The molecule has 2 rings (SSSR count). The van der Waals surface area contributed by atoms with E-state index in [2.05, 4.69) is 23.5 Å². The minimum Gasteiger partial charge on any atom is -0.392 e. The molecule has 2 heteroatoms. The zero-order chi connectivity index (χ0) is 12.6. The van der Waals surface area contributed by atoms with Gasteiger partial charge in [0.05, 0.1) is 6.61 Å². The highest BCUT2D eigenvalue weighted by Crippen LogP contribution is 2.19. The summed E-state index contributed by atoms with van der Waals surface area (Å²) in [7, 11) is 0. The molecule has 18 heavy (non-hydrogen) atoms. The third-order valence-electron chi connectivity index (χ3n) is 3.54. The van der Waals surface area contributed by atoms with Crippen LogP contribution in [-0.2, 0) is 13.2 Å². The molecule has 0 amide bonds. The van der Waals surface area contributed by atoms with Crippen molar-refractivity contribution in [2.24, 2.45) is 0 Å². The fourth-order valence-corrected chi connectivity index (χ4v) is 2.38. The van der Waals surface area contributed by atoms with E-state index in [-0.39, 0.29) is 6.61 Å². The van der Waals surface area contributed by atoms with Gasteiger partial charge in [-0.15, -0.1) is 0 Å². The second kappa shape index (κ2) is 7.34. The van der Waals surface area contributed by atoms with Gasteiger partial charge < -0.3 is 10.4 Å². The minimum absolute atomic E-state index is 0.127. The third-order valence-corrected chi connectivity index (χ3v) is 3.54. The molecule has 0 heterocycles. The lowest BCUT2D eigenvalue weighted by molar-refractivity contribution is 0.282. The third kappa shape index (κ3) is 4.28. The Morgan fingerprint density at radius 3 is 2.50 bits per heavy atom. The van der Waals surface area contributed by atoms with E-state index >= 15 is 0 Å². The predicted molar refractivity (Wildman–Crippen MR) is 75.2 cm³/mol. The molecule has 0 spiro atoms. The maximum Gasteiger partial charge on any atom is 0.0681 e. The fraction of sp³-hybridized carbons (Fsp3) is 0.500. The number of nitrogens with one attached hydrogen (secondary N) is 1. The molecule has 0 radical (unpaired) electrons. The van der Waals surface area contributed by atoms with Crippen LogP contribution < -0.4 is 5.32 Å². The summed E-state index contributed by atoms with van der Waals surface area (Å²) < 4.78 is 0. The van der Waals surface area contributed by atoms with E-state index in [4.69, 9.17) is 5.11 Å². The number of hydrogen-bond acceptors (Lipinski definition) is 2. The van der Waals surface area contributed by atoms with Gasteiger partial charge in [-0.3, -0.25) is 0 Å². The van der Waals surface area contributed by atoms with Crippen LogP contribution in [0.5, 0.6) is 0 Å². The lowest BCUT2D eigenvalue weighted by Crippen LogP contribution is -2.15. The SMILES string of the molecule is OCc1ccc(CNCCC2=CCCCC2)cc1. The Bertz CT molecular complexity index is 381. The summed E-state index contributed by atoms with van der Waals surface area (Å²) in [6, 6.07) is 8.14. The van der Waals surface area contributed by atoms with Crippen LogP contribution in [0.25, 0.3) is 0 Å². The Kier molecular flexibility index (Phi) is 5.43. The van der Waals surface area contributed by atoms with E-state index in [0.29, 0.717) is 0 Å². The van der Waals surface area contributed by atoms with Gasteiger partial charge in [-0.1, -0.05) is 35.9 Å². The van der Waals surface area contributed by atoms with Crippen molar-refractivity contribution in [1.82, 2.24) is 5.32 Å². The molecule has 2 nitrogen and oxygen atoms in total. The first kappa shape index (κ1) is 13.3. The lowest BCUT2D eigenvalue weighted by atomic mass is 9.97. The van der Waals surface area contributed by atoms with E-state index in [9.17, 15) is 0 Å². The van der Waals surface area contributed by atoms with Crippen molar-refractivity contribution < 1.29 is 5.11 Å². The highest BCUT2D eigenvalue weighted by Gasteiger charge is 2.02. The van der Waals surface area contributed by atoms with E-state index in [1.807, 2.05) is 12.1 Å². The first-order chi connectivity index (χ1) is 8.88. The molecule has 98 valence electrons. The van der Waals surface area contributed by atoms with Crippen LogP contribution in [0, 0.1) is 0 Å². The number of aliphatic hydroxyl groups is 1. The van der Waals surface area contributed by atoms with Gasteiger partial charge in [-0.25, -0.2) is 0 Å². The van der Waals surface area contributed by atoms with Crippen LogP contribution in [0.4, 0.5) is 0 Å². The molecule has 0 aromatic heterocycles. The van der Waals surface area contributed by atoms with E-state index < -0.39 is 0 Å². The molecule has 1 aromatic carbocycles. The summed E-state index contributed by atoms with van der Waals surface area (Å²) in [4.78, 5) is 0. The Hall–Kier alpha value is -1.12. The van der Waals surface area contributed by atoms with Crippen LogP contribution in [0.3, 0.4) is 0 Å². The molecular formula is C16H23NO. The van der Waals surface area contributed by atoms with Gasteiger partial charge in [0.1, 0.15) is 0 Å². The summed E-state index contributed by atoms with van der Waals surface area (Å²) in [6.07, 6.45) is 8.92. The molecule has 1 aliphatic carbocycles. The Morgan fingerprint density at radius 2 is 1.83 bits per heavy atom. The molecule has 0 atom stereocenters. The van der Waals surface area contributed by atoms with E-state index in [1.165, 1.54) is 37.7 Å². The standard InChI is InChI=1S/C16H23NO/c18-13-16-8-6-15(7-9-16)12-17-11-10-14-4-2-1-3-5-14/h4,6-9,17-18H,1-3,5,10-13H2. The molecule has 2 N–H and O–H groups in total. The summed E-state index contributed by atoms with van der Waals surface area (Å²) in [6.45, 7) is 2.11. The van der Waals surface area contributed by atoms with E-state index in [1.54, 1.807) is 5.57 Å². The maximum atomic E-state index is 8.96. The molecule has 1 aliphatic rings. The Labute approximate surface area is 110 Å². The van der Waals surface area contributed by atoms with Crippen molar-refractivity contribution in [2.75, 3.05) is 6.54 Å². The molecule has 0 saturated carbocycles. The number of aliphatic hydroxyl groups excluding tert-OH is 1. The van der Waals surface area contributed by atoms with E-state index in [0.717, 1.165) is 18.7 Å². The van der Waals surface area contributed by atoms with Crippen molar-refractivity contribution >= 4 is 0 Å². The summed E-state index contributed by atoms with van der Waals surface area (Å²) in [5.41, 5.74) is 3.89. The first-order valence-corrected chi connectivity index (χ1v) is 6.96. The topological polar surface area (TPSA) is 32.3 Å². The van der Waals surface area contributed by atoms with Crippen molar-refractivity contribution in [3.8, 4) is 0 Å². The molecular weight excluding hydrogens is 222 g/mol. The van der Waals surface area contributed by atoms with Gasteiger partial charge in [-0.05, 0) is 49.8 Å². The van der Waals surface area contributed by atoms with Crippen LogP contribution in [0.1, 0.15) is 43.2 Å². The zero-order valence-electron chi connectivity index (χ0n) is 11.0. The molecule has 0 aliphatic heterocycles. The zero-order valence-corrected chi connectivity index (χ0v) is 11.0. The van der Waals surface area contributed by atoms with Gasteiger partial charge in [0.25, 0.3) is 0 Å². The average Bonchev–Trinajstić information content (AvgIpc) is 2.45. The van der Waals surface area contributed by atoms with Gasteiger partial charge in [-0.2, -0.15) is 0 Å². The fourth-order valence-electron chi connectivity index (χ4n) is 2.38. The predicted octanol–water partition coefficient (Wildman–Crippen LogP) is 3.16. The first-order valence-electron chi connectivity index (χ1n) is 6.96. The van der Waals surface area contributed by atoms with Crippen molar-refractivity contribution in [3.05, 3.63) is 47.0 Å². The highest BCUT2D eigenvalue weighted by molar-refractivity contribution is 5.21. The minimum atomic E-state index is 0.127. The summed E-state index contributed by atoms with van der Waals surface area (Å²) in [5.74, 6) is 0. The number of allylic oxidation sites excluding steroid dienone is 1. The second-order valence-corrected chi connectivity index (χ2v) is 5.01. The quantitative estimate of drug-likeness (QED) is 0.596. The second-order valence-electron chi connectivity index (χ2n) is 5.01. The molecule has 0 fully saturated rings. The van der Waals surface area contributed by atoms with Crippen LogP contribution >= 0.6 is 0 Å². The largest absolute Gasteiger partial charge is 0.392 e. The van der Waals surface area contributed by atoms with Gasteiger partial charge in [0.2, 0.25) is 0 Å². The highest BCUT2D eigenvalue weighted by atomic mass is 16.3. The van der Waals surface area contributed by atoms with Gasteiger partial charge >= 0.3 is 0 Å². The number of rotatable bonds is 6.